The maximum absolute atomic E-state index is 13.0. The standard InChI is InChI=1S/C28H30N2O5/c1-19-7-4-8-20(17-19)18-35-22-12-10-21(11-13-22)26(31)24-25(23-9-5-16-34-23)30(28(33)27(24)32)15-6-14-29(2)3/h4-5,7-13,16-17,25,31H,6,14-15,18H2,1-3H3/b26-24+. The van der Waals surface area contributed by atoms with Gasteiger partial charge in [-0.3, -0.25) is 9.59 Å². The van der Waals surface area contributed by atoms with Crippen LogP contribution in [0.3, 0.4) is 0 Å². The van der Waals surface area contributed by atoms with Gasteiger partial charge in [0.2, 0.25) is 0 Å². The van der Waals surface area contributed by atoms with Gasteiger partial charge in [0.15, 0.2) is 0 Å². The quantitative estimate of drug-likeness (QED) is 0.279. The molecule has 0 spiro atoms. The molecule has 35 heavy (non-hydrogen) atoms. The highest BCUT2D eigenvalue weighted by Gasteiger charge is 2.47. The van der Waals surface area contributed by atoms with Crippen LogP contribution in [0.25, 0.3) is 5.76 Å². The number of aliphatic hydroxyl groups excluding tert-OH is 1. The smallest absolute Gasteiger partial charge is 0.295 e. The van der Waals surface area contributed by atoms with Gasteiger partial charge >= 0.3 is 0 Å². The fourth-order valence-electron chi connectivity index (χ4n) is 4.24. The second-order valence-corrected chi connectivity index (χ2v) is 8.97. The molecule has 2 heterocycles. The van der Waals surface area contributed by atoms with E-state index in [0.717, 1.165) is 17.7 Å². The molecule has 1 aliphatic heterocycles. The van der Waals surface area contributed by atoms with E-state index in [1.54, 1.807) is 36.4 Å². The summed E-state index contributed by atoms with van der Waals surface area (Å²) in [6.45, 7) is 3.58. The number of Topliss-reactive ketones (excluding diaryl/α,β-unsaturated/α-hetero) is 1. The second kappa shape index (κ2) is 10.6. The van der Waals surface area contributed by atoms with E-state index in [4.69, 9.17) is 9.15 Å². The third kappa shape index (κ3) is 5.46. The molecule has 182 valence electrons. The molecule has 1 unspecified atom stereocenters. The normalized spacial score (nSPS) is 17.4. The summed E-state index contributed by atoms with van der Waals surface area (Å²) >= 11 is 0. The van der Waals surface area contributed by atoms with Gasteiger partial charge < -0.3 is 24.1 Å². The number of hydrogen-bond donors (Lipinski definition) is 1. The molecule has 4 rings (SSSR count). The zero-order valence-electron chi connectivity index (χ0n) is 20.2. The maximum atomic E-state index is 13.0. The topological polar surface area (TPSA) is 83.2 Å². The van der Waals surface area contributed by atoms with Crippen molar-refractivity contribution in [3.8, 4) is 5.75 Å². The van der Waals surface area contributed by atoms with E-state index in [9.17, 15) is 14.7 Å². The molecular formula is C28H30N2O5. The molecule has 1 fully saturated rings. The van der Waals surface area contributed by atoms with Gasteiger partial charge in [0, 0.05) is 12.1 Å². The summed E-state index contributed by atoms with van der Waals surface area (Å²) in [6, 6.07) is 17.6. The van der Waals surface area contributed by atoms with Crippen LogP contribution in [0, 0.1) is 6.92 Å². The summed E-state index contributed by atoms with van der Waals surface area (Å²) in [5.41, 5.74) is 2.68. The highest BCUT2D eigenvalue weighted by Crippen LogP contribution is 2.39. The number of rotatable bonds is 9. The summed E-state index contributed by atoms with van der Waals surface area (Å²) < 4.78 is 11.4. The molecule has 0 bridgehead atoms. The Morgan fingerprint density at radius 1 is 1.09 bits per heavy atom. The molecule has 3 aromatic rings. The molecule has 0 saturated carbocycles. The van der Waals surface area contributed by atoms with Crippen LogP contribution in [0.4, 0.5) is 0 Å². The number of carbonyl (C=O) groups is 2. The van der Waals surface area contributed by atoms with Crippen LogP contribution in [-0.2, 0) is 16.2 Å². The number of aliphatic hydroxyl groups is 1. The van der Waals surface area contributed by atoms with Crippen molar-refractivity contribution in [3.63, 3.8) is 0 Å². The van der Waals surface area contributed by atoms with E-state index in [-0.39, 0.29) is 11.3 Å². The van der Waals surface area contributed by atoms with Gasteiger partial charge in [0.05, 0.1) is 11.8 Å². The third-order valence-electron chi connectivity index (χ3n) is 5.97. The van der Waals surface area contributed by atoms with Gasteiger partial charge in [0.1, 0.15) is 29.9 Å². The van der Waals surface area contributed by atoms with E-state index >= 15 is 0 Å². The van der Waals surface area contributed by atoms with Crippen LogP contribution in [0.15, 0.2) is 76.9 Å². The predicted molar refractivity (Wildman–Crippen MR) is 133 cm³/mol. The first kappa shape index (κ1) is 24.3. The van der Waals surface area contributed by atoms with Crippen molar-refractivity contribution < 1.29 is 23.8 Å². The first-order valence-corrected chi connectivity index (χ1v) is 11.6. The Morgan fingerprint density at radius 3 is 2.51 bits per heavy atom. The largest absolute Gasteiger partial charge is 0.507 e. The summed E-state index contributed by atoms with van der Waals surface area (Å²) in [5.74, 6) is -0.507. The average Bonchev–Trinajstić information content (AvgIpc) is 3.45. The molecule has 1 aliphatic rings. The van der Waals surface area contributed by atoms with Crippen molar-refractivity contribution in [1.82, 2.24) is 9.80 Å². The lowest BCUT2D eigenvalue weighted by molar-refractivity contribution is -0.140. The van der Waals surface area contributed by atoms with Crippen molar-refractivity contribution in [3.05, 3.63) is 95.0 Å². The molecule has 0 aliphatic carbocycles. The number of amides is 1. The van der Waals surface area contributed by atoms with E-state index in [2.05, 4.69) is 6.07 Å². The fourth-order valence-corrected chi connectivity index (χ4v) is 4.24. The molecule has 1 amide bonds. The summed E-state index contributed by atoms with van der Waals surface area (Å²) in [5, 5.41) is 11.1. The Morgan fingerprint density at radius 2 is 1.86 bits per heavy atom. The lowest BCUT2D eigenvalue weighted by atomic mass is 9.99. The van der Waals surface area contributed by atoms with Crippen molar-refractivity contribution in [2.24, 2.45) is 0 Å². The van der Waals surface area contributed by atoms with Crippen LogP contribution >= 0.6 is 0 Å². The van der Waals surface area contributed by atoms with Crippen LogP contribution in [-0.4, -0.2) is 53.8 Å². The maximum Gasteiger partial charge on any atom is 0.295 e. The van der Waals surface area contributed by atoms with Crippen LogP contribution < -0.4 is 4.74 Å². The van der Waals surface area contributed by atoms with Gasteiger partial charge in [-0.05, 0) is 75.9 Å². The molecule has 7 nitrogen and oxygen atoms in total. The van der Waals surface area contributed by atoms with E-state index in [1.165, 1.54) is 11.2 Å². The summed E-state index contributed by atoms with van der Waals surface area (Å²) in [6.07, 6.45) is 2.18. The SMILES string of the molecule is Cc1cccc(COc2ccc(/C(O)=C3\C(=O)C(=O)N(CCCN(C)C)C3c3ccco3)cc2)c1. The lowest BCUT2D eigenvalue weighted by Crippen LogP contribution is -2.32. The highest BCUT2D eigenvalue weighted by molar-refractivity contribution is 6.46. The Bertz CT molecular complexity index is 1210. The number of carbonyl (C=O) groups excluding carboxylic acids is 2. The average molecular weight is 475 g/mol. The van der Waals surface area contributed by atoms with Crippen LogP contribution in [0.1, 0.15) is 34.9 Å². The van der Waals surface area contributed by atoms with Crippen molar-refractivity contribution >= 4 is 17.4 Å². The molecule has 1 saturated heterocycles. The summed E-state index contributed by atoms with van der Waals surface area (Å²) in [7, 11) is 3.90. The minimum Gasteiger partial charge on any atom is -0.507 e. The number of ketones is 1. The molecule has 1 aromatic heterocycles. The number of nitrogens with zero attached hydrogens (tertiary/aromatic N) is 2. The van der Waals surface area contributed by atoms with Crippen molar-refractivity contribution in [2.45, 2.75) is 26.0 Å². The van der Waals surface area contributed by atoms with Crippen molar-refractivity contribution in [2.75, 3.05) is 27.2 Å². The van der Waals surface area contributed by atoms with Crippen LogP contribution in [0.2, 0.25) is 0 Å². The first-order chi connectivity index (χ1) is 16.8. The minimum absolute atomic E-state index is 0.0308. The van der Waals surface area contributed by atoms with E-state index in [1.807, 2.05) is 44.1 Å². The number of furan rings is 1. The number of aryl methyl sites for hydroxylation is 1. The molecule has 2 aromatic carbocycles. The fraction of sp³-hybridized carbons (Fsp3) is 0.286. The van der Waals surface area contributed by atoms with E-state index in [0.29, 0.717) is 36.6 Å². The van der Waals surface area contributed by atoms with Crippen LogP contribution in [0.5, 0.6) is 5.75 Å². The number of likely N-dealkylation sites (tertiary alicyclic amines) is 1. The Kier molecular flexibility index (Phi) is 7.36. The van der Waals surface area contributed by atoms with Gasteiger partial charge in [-0.2, -0.15) is 0 Å². The Balaban J connectivity index is 1.58. The minimum atomic E-state index is -0.774. The molecule has 7 heteroatoms. The molecule has 0 radical (unpaired) electrons. The third-order valence-corrected chi connectivity index (χ3v) is 5.97. The molecular weight excluding hydrogens is 444 g/mol. The first-order valence-electron chi connectivity index (χ1n) is 11.6. The van der Waals surface area contributed by atoms with Gasteiger partial charge in [-0.25, -0.2) is 0 Å². The Labute approximate surface area is 205 Å². The number of ether oxygens (including phenoxy) is 1. The number of benzene rings is 2. The van der Waals surface area contributed by atoms with Gasteiger partial charge in [-0.15, -0.1) is 0 Å². The predicted octanol–water partition coefficient (Wildman–Crippen LogP) is 4.54. The number of hydrogen-bond acceptors (Lipinski definition) is 6. The zero-order valence-corrected chi connectivity index (χ0v) is 20.2. The zero-order chi connectivity index (χ0) is 24.9. The highest BCUT2D eigenvalue weighted by atomic mass is 16.5. The molecule has 1 N–H and O–H groups in total. The van der Waals surface area contributed by atoms with Gasteiger partial charge in [0.25, 0.3) is 11.7 Å². The lowest BCUT2D eigenvalue weighted by Gasteiger charge is -2.24. The monoisotopic (exact) mass is 474 g/mol. The van der Waals surface area contributed by atoms with Crippen molar-refractivity contribution in [1.29, 1.82) is 0 Å². The van der Waals surface area contributed by atoms with E-state index < -0.39 is 17.7 Å². The second-order valence-electron chi connectivity index (χ2n) is 8.97. The van der Waals surface area contributed by atoms with Gasteiger partial charge in [-0.1, -0.05) is 29.8 Å². The Hall–Kier alpha value is -3.84. The molecule has 1 atom stereocenters. The summed E-state index contributed by atoms with van der Waals surface area (Å²) in [4.78, 5) is 29.4.